The van der Waals surface area contributed by atoms with Gasteiger partial charge in [-0.1, -0.05) is 35.2 Å². The summed E-state index contributed by atoms with van der Waals surface area (Å²) in [7, 11) is 1.45. The van der Waals surface area contributed by atoms with Crippen molar-refractivity contribution in [2.45, 2.75) is 36.9 Å². The summed E-state index contributed by atoms with van der Waals surface area (Å²) in [5.41, 5.74) is 0. The highest BCUT2D eigenvalue weighted by Gasteiger charge is 2.32. The van der Waals surface area contributed by atoms with Crippen LogP contribution in [-0.2, 0) is 9.53 Å². The molecule has 1 aliphatic carbocycles. The van der Waals surface area contributed by atoms with Crippen molar-refractivity contribution in [3.63, 3.8) is 0 Å². The predicted molar refractivity (Wildman–Crippen MR) is 71.2 cm³/mol. The van der Waals surface area contributed by atoms with E-state index in [1.807, 2.05) is 0 Å². The Kier molecular flexibility index (Phi) is 4.86. The van der Waals surface area contributed by atoms with E-state index in [0.717, 1.165) is 24.9 Å². The lowest BCUT2D eigenvalue weighted by atomic mass is 9.75. The summed E-state index contributed by atoms with van der Waals surface area (Å²) in [4.78, 5) is 13.6. The van der Waals surface area contributed by atoms with Gasteiger partial charge in [0.25, 0.3) is 0 Å². The molecule has 0 radical (unpaired) electrons. The smallest absolute Gasteiger partial charge is 0.320 e. The monoisotopic (exact) mass is 303 g/mol. The number of carbonyl (C=O) groups is 1. The van der Waals surface area contributed by atoms with E-state index in [0.29, 0.717) is 0 Å². The Morgan fingerprint density at radius 3 is 2.76 bits per heavy atom. The van der Waals surface area contributed by atoms with Gasteiger partial charge in [-0.25, -0.2) is 0 Å². The van der Waals surface area contributed by atoms with Crippen molar-refractivity contribution < 1.29 is 9.53 Å². The third kappa shape index (κ3) is 3.44. The van der Waals surface area contributed by atoms with E-state index in [4.69, 9.17) is 4.74 Å². The molecule has 0 N–H and O–H groups in total. The Balaban J connectivity index is 1.81. The molecule has 17 heavy (non-hydrogen) atoms. The zero-order valence-electron chi connectivity index (χ0n) is 10.5. The van der Waals surface area contributed by atoms with Gasteiger partial charge in [-0.2, -0.15) is 0 Å². The summed E-state index contributed by atoms with van der Waals surface area (Å²) < 4.78 is 4.75. The average Bonchev–Trinajstić information content (AvgIpc) is 2.37. The van der Waals surface area contributed by atoms with Crippen LogP contribution in [0.1, 0.15) is 32.1 Å². The Labute approximate surface area is 112 Å². The fourth-order valence-corrected chi connectivity index (χ4v) is 3.87. The van der Waals surface area contributed by atoms with Crippen molar-refractivity contribution in [3.05, 3.63) is 0 Å². The van der Waals surface area contributed by atoms with Crippen molar-refractivity contribution >= 4 is 21.9 Å². The van der Waals surface area contributed by atoms with E-state index in [2.05, 4.69) is 20.8 Å². The maximum Gasteiger partial charge on any atom is 0.320 e. The highest BCUT2D eigenvalue weighted by Crippen LogP contribution is 2.36. The number of hydrogen-bond donors (Lipinski definition) is 0. The first kappa shape index (κ1) is 13.3. The molecule has 1 aliphatic heterocycles. The van der Waals surface area contributed by atoms with Crippen LogP contribution in [0.2, 0.25) is 0 Å². The number of halogens is 1. The van der Waals surface area contributed by atoms with E-state index < -0.39 is 0 Å². The summed E-state index contributed by atoms with van der Waals surface area (Å²) in [6.07, 6.45) is 6.93. The molecule has 0 amide bonds. The normalized spacial score (nSPS) is 31.6. The number of alkyl halides is 1. The summed E-state index contributed by atoms with van der Waals surface area (Å²) in [5, 5.41) is 0. The van der Waals surface area contributed by atoms with Gasteiger partial charge in [-0.3, -0.25) is 4.79 Å². The number of rotatable bonds is 3. The molecule has 3 unspecified atom stereocenters. The zero-order chi connectivity index (χ0) is 12.3. The van der Waals surface area contributed by atoms with Crippen LogP contribution in [0.3, 0.4) is 0 Å². The second-order valence-electron chi connectivity index (χ2n) is 5.34. The van der Waals surface area contributed by atoms with Crippen molar-refractivity contribution in [2.24, 2.45) is 11.8 Å². The average molecular weight is 304 g/mol. The first-order chi connectivity index (χ1) is 8.20. The van der Waals surface area contributed by atoms with Gasteiger partial charge in [0.05, 0.1) is 7.11 Å². The molecule has 2 rings (SSSR count). The Morgan fingerprint density at radius 2 is 2.06 bits per heavy atom. The van der Waals surface area contributed by atoms with Gasteiger partial charge >= 0.3 is 5.97 Å². The highest BCUT2D eigenvalue weighted by molar-refractivity contribution is 9.10. The quantitative estimate of drug-likeness (QED) is 0.592. The maximum absolute atomic E-state index is 11.4. The number of esters is 1. The lowest BCUT2D eigenvalue weighted by Crippen LogP contribution is -2.45. The summed E-state index contributed by atoms with van der Waals surface area (Å²) in [6, 6.07) is 0. The van der Waals surface area contributed by atoms with E-state index in [9.17, 15) is 4.79 Å². The lowest BCUT2D eigenvalue weighted by Gasteiger charge is -2.41. The molecule has 3 nitrogen and oxygen atoms in total. The molecule has 1 heterocycles. The van der Waals surface area contributed by atoms with Crippen molar-refractivity contribution in [1.29, 1.82) is 0 Å². The molecule has 0 aromatic rings. The summed E-state index contributed by atoms with van der Waals surface area (Å²) >= 11 is 3.41. The Morgan fingerprint density at radius 1 is 1.35 bits per heavy atom. The van der Waals surface area contributed by atoms with Crippen LogP contribution in [0.25, 0.3) is 0 Å². The summed E-state index contributed by atoms with van der Waals surface area (Å²) in [6.45, 7) is 3.10. The van der Waals surface area contributed by atoms with Crippen LogP contribution in [0.15, 0.2) is 0 Å². The number of fused-ring (bicyclic) bond motifs is 1. The van der Waals surface area contributed by atoms with E-state index >= 15 is 0 Å². The number of carbonyl (C=O) groups excluding carboxylic acids is 1. The van der Waals surface area contributed by atoms with Gasteiger partial charge < -0.3 is 9.64 Å². The Hall–Kier alpha value is -0.0900. The number of ether oxygens (including phenoxy) is 1. The molecule has 98 valence electrons. The molecule has 4 heteroatoms. The second-order valence-corrected chi connectivity index (χ2v) is 6.45. The number of hydrogen-bond acceptors (Lipinski definition) is 3. The fraction of sp³-hybridized carbons (Fsp3) is 0.923. The molecule has 0 bridgehead atoms. The molecule has 2 aliphatic rings. The zero-order valence-corrected chi connectivity index (χ0v) is 12.1. The molecule has 0 aromatic carbocycles. The van der Waals surface area contributed by atoms with E-state index in [1.165, 1.54) is 45.8 Å². The first-order valence-corrected chi connectivity index (χ1v) is 7.56. The second kappa shape index (κ2) is 6.19. The molecule has 1 saturated heterocycles. The minimum atomic E-state index is -0.173. The van der Waals surface area contributed by atoms with E-state index in [1.54, 1.807) is 0 Å². The van der Waals surface area contributed by atoms with Gasteiger partial charge in [0.2, 0.25) is 0 Å². The molecule has 0 spiro atoms. The highest BCUT2D eigenvalue weighted by atomic mass is 79.9. The number of likely N-dealkylation sites (tertiary alicyclic amines) is 1. The van der Waals surface area contributed by atoms with E-state index in [-0.39, 0.29) is 10.8 Å². The molecule has 2 fully saturated rings. The van der Waals surface area contributed by atoms with Crippen LogP contribution in [-0.4, -0.2) is 42.4 Å². The van der Waals surface area contributed by atoms with Gasteiger partial charge in [0.15, 0.2) is 0 Å². The van der Waals surface area contributed by atoms with Crippen molar-refractivity contribution in [1.82, 2.24) is 4.90 Å². The third-order valence-electron chi connectivity index (χ3n) is 4.25. The van der Waals surface area contributed by atoms with Gasteiger partial charge in [-0.05, 0) is 31.2 Å². The van der Waals surface area contributed by atoms with Gasteiger partial charge in [0, 0.05) is 13.1 Å². The molecular weight excluding hydrogens is 282 g/mol. The minimum absolute atomic E-state index is 0.157. The first-order valence-electron chi connectivity index (χ1n) is 6.65. The maximum atomic E-state index is 11.4. The SMILES string of the molecule is COC(=O)C(Br)CN1CCC2CCCCC2C1. The van der Waals surface area contributed by atoms with Crippen LogP contribution < -0.4 is 0 Å². The van der Waals surface area contributed by atoms with Crippen LogP contribution in [0.5, 0.6) is 0 Å². The van der Waals surface area contributed by atoms with Crippen LogP contribution in [0, 0.1) is 11.8 Å². The fourth-order valence-electron chi connectivity index (χ4n) is 3.27. The van der Waals surface area contributed by atoms with Gasteiger partial charge in [0.1, 0.15) is 4.83 Å². The number of nitrogens with zero attached hydrogens (tertiary/aromatic N) is 1. The number of methoxy groups -OCH3 is 1. The van der Waals surface area contributed by atoms with Crippen LogP contribution >= 0.6 is 15.9 Å². The minimum Gasteiger partial charge on any atom is -0.468 e. The van der Waals surface area contributed by atoms with Gasteiger partial charge in [-0.15, -0.1) is 0 Å². The van der Waals surface area contributed by atoms with Crippen molar-refractivity contribution in [3.8, 4) is 0 Å². The topological polar surface area (TPSA) is 29.5 Å². The Bertz CT molecular complexity index is 272. The van der Waals surface area contributed by atoms with Crippen LogP contribution in [0.4, 0.5) is 0 Å². The summed E-state index contributed by atoms with van der Waals surface area (Å²) in [5.74, 6) is 1.66. The number of piperidine rings is 1. The molecule has 0 aromatic heterocycles. The molecule has 1 saturated carbocycles. The lowest BCUT2D eigenvalue weighted by molar-refractivity contribution is -0.140. The standard InChI is InChI=1S/C13H22BrNO2/c1-17-13(16)12(14)9-15-7-6-10-4-2-3-5-11(10)8-15/h10-12H,2-9H2,1H3. The molecule has 3 atom stereocenters. The predicted octanol–water partition coefficient (Wildman–Crippen LogP) is 2.44. The largest absolute Gasteiger partial charge is 0.468 e. The third-order valence-corrected chi connectivity index (χ3v) is 4.91. The molecular formula is C13H22BrNO2. The van der Waals surface area contributed by atoms with Crippen molar-refractivity contribution in [2.75, 3.05) is 26.7 Å².